The highest BCUT2D eigenvalue weighted by Crippen LogP contribution is 2.23. The second-order valence-electron chi connectivity index (χ2n) is 4.98. The van der Waals surface area contributed by atoms with Crippen molar-refractivity contribution in [2.45, 2.75) is 32.2 Å². The molecule has 0 aliphatic carbocycles. The van der Waals surface area contributed by atoms with Crippen LogP contribution in [-0.2, 0) is 26.2 Å². The molecule has 0 saturated carbocycles. The molecular weight excluding hydrogens is 254 g/mol. The molecule has 20 heavy (non-hydrogen) atoms. The van der Waals surface area contributed by atoms with Crippen molar-refractivity contribution in [3.63, 3.8) is 0 Å². The zero-order valence-corrected chi connectivity index (χ0v) is 12.9. The molecule has 1 N–H and O–H groups in total. The number of benzene rings is 1. The minimum Gasteiger partial charge on any atom is -0.467 e. The van der Waals surface area contributed by atoms with Gasteiger partial charge < -0.3 is 9.47 Å². The second kappa shape index (κ2) is 8.02. The first kappa shape index (κ1) is 16.7. The van der Waals surface area contributed by atoms with Crippen LogP contribution in [0.25, 0.3) is 0 Å². The van der Waals surface area contributed by atoms with E-state index >= 15 is 0 Å². The summed E-state index contributed by atoms with van der Waals surface area (Å²) in [5.41, 5.74) is 1.33. The number of esters is 1. The van der Waals surface area contributed by atoms with Gasteiger partial charge in [-0.1, -0.05) is 37.6 Å². The lowest BCUT2D eigenvalue weighted by Gasteiger charge is -2.28. The molecule has 0 aromatic heterocycles. The van der Waals surface area contributed by atoms with Crippen LogP contribution in [0.3, 0.4) is 0 Å². The number of carbonyl (C=O) groups is 1. The number of carbonyl (C=O) groups excluding carboxylic acids is 1. The Kier molecular flexibility index (Phi) is 6.68. The standard InChI is InChI=1S/C16H25NO3/c1-5-6-13-7-9-14(10-8-13)16(2,15(18)20-4)17-11-12-19-3/h7-10,17H,5-6,11-12H2,1-4H3. The Hall–Kier alpha value is -1.39. The van der Waals surface area contributed by atoms with Crippen molar-refractivity contribution in [3.8, 4) is 0 Å². The first-order chi connectivity index (χ1) is 9.58. The molecule has 112 valence electrons. The third kappa shape index (κ3) is 4.05. The monoisotopic (exact) mass is 279 g/mol. The number of aryl methyl sites for hydroxylation is 1. The van der Waals surface area contributed by atoms with Crippen LogP contribution in [0.15, 0.2) is 24.3 Å². The van der Waals surface area contributed by atoms with E-state index in [0.29, 0.717) is 13.2 Å². The van der Waals surface area contributed by atoms with Crippen LogP contribution in [-0.4, -0.2) is 33.3 Å². The average Bonchev–Trinajstić information content (AvgIpc) is 2.47. The van der Waals surface area contributed by atoms with Gasteiger partial charge in [0.15, 0.2) is 0 Å². The summed E-state index contributed by atoms with van der Waals surface area (Å²) < 4.78 is 9.96. The van der Waals surface area contributed by atoms with Crippen molar-refractivity contribution in [1.29, 1.82) is 0 Å². The van der Waals surface area contributed by atoms with Crippen molar-refractivity contribution in [1.82, 2.24) is 5.32 Å². The maximum absolute atomic E-state index is 12.1. The Balaban J connectivity index is 2.94. The van der Waals surface area contributed by atoms with Crippen LogP contribution in [0, 0.1) is 0 Å². The number of ether oxygens (including phenoxy) is 2. The third-order valence-corrected chi connectivity index (χ3v) is 3.45. The van der Waals surface area contributed by atoms with E-state index in [0.717, 1.165) is 18.4 Å². The van der Waals surface area contributed by atoms with Gasteiger partial charge in [-0.2, -0.15) is 0 Å². The molecule has 0 heterocycles. The third-order valence-electron chi connectivity index (χ3n) is 3.45. The Morgan fingerprint density at radius 2 is 1.90 bits per heavy atom. The highest BCUT2D eigenvalue weighted by atomic mass is 16.5. The van der Waals surface area contributed by atoms with Crippen molar-refractivity contribution in [3.05, 3.63) is 35.4 Å². The number of rotatable bonds is 8. The minimum atomic E-state index is -0.849. The lowest BCUT2D eigenvalue weighted by atomic mass is 9.90. The molecule has 1 aromatic rings. The van der Waals surface area contributed by atoms with E-state index in [2.05, 4.69) is 24.4 Å². The molecular formula is C16H25NO3. The van der Waals surface area contributed by atoms with Crippen LogP contribution in [0.1, 0.15) is 31.4 Å². The zero-order chi connectivity index (χ0) is 15.0. The molecule has 4 nitrogen and oxygen atoms in total. The molecule has 0 saturated heterocycles. The molecule has 0 amide bonds. The maximum atomic E-state index is 12.1. The van der Waals surface area contributed by atoms with Crippen molar-refractivity contribution in [2.75, 3.05) is 27.4 Å². The summed E-state index contributed by atoms with van der Waals surface area (Å²) in [4.78, 5) is 12.1. The van der Waals surface area contributed by atoms with Gasteiger partial charge in [0.25, 0.3) is 0 Å². The lowest BCUT2D eigenvalue weighted by Crippen LogP contribution is -2.48. The molecule has 0 radical (unpaired) electrons. The van der Waals surface area contributed by atoms with Crippen LogP contribution in [0.2, 0.25) is 0 Å². The molecule has 0 aliphatic rings. The Bertz CT molecular complexity index is 416. The molecule has 4 heteroatoms. The van der Waals surface area contributed by atoms with Gasteiger partial charge in [0.2, 0.25) is 0 Å². The van der Waals surface area contributed by atoms with Crippen molar-refractivity contribution >= 4 is 5.97 Å². The Labute approximate surface area is 121 Å². The van der Waals surface area contributed by atoms with Gasteiger partial charge in [0.1, 0.15) is 5.54 Å². The normalized spacial score (nSPS) is 13.8. The van der Waals surface area contributed by atoms with E-state index in [-0.39, 0.29) is 5.97 Å². The van der Waals surface area contributed by atoms with Gasteiger partial charge in [-0.25, -0.2) is 4.79 Å². The van der Waals surface area contributed by atoms with E-state index in [1.54, 1.807) is 7.11 Å². The van der Waals surface area contributed by atoms with Gasteiger partial charge >= 0.3 is 5.97 Å². The molecule has 0 spiro atoms. The maximum Gasteiger partial charge on any atom is 0.330 e. The van der Waals surface area contributed by atoms with E-state index in [9.17, 15) is 4.79 Å². The molecule has 0 fully saturated rings. The summed E-state index contributed by atoms with van der Waals surface area (Å²) in [6, 6.07) is 8.11. The largest absolute Gasteiger partial charge is 0.467 e. The summed E-state index contributed by atoms with van der Waals surface area (Å²) in [7, 11) is 3.04. The Morgan fingerprint density at radius 1 is 1.25 bits per heavy atom. The van der Waals surface area contributed by atoms with Crippen LogP contribution in [0.5, 0.6) is 0 Å². The Morgan fingerprint density at radius 3 is 2.40 bits per heavy atom. The fourth-order valence-electron chi connectivity index (χ4n) is 2.19. The molecule has 1 rings (SSSR count). The summed E-state index contributed by atoms with van der Waals surface area (Å²) in [5.74, 6) is -0.295. The van der Waals surface area contributed by atoms with Gasteiger partial charge in [-0.15, -0.1) is 0 Å². The fraction of sp³-hybridized carbons (Fsp3) is 0.562. The molecule has 1 unspecified atom stereocenters. The van der Waals surface area contributed by atoms with Crippen molar-refractivity contribution in [2.24, 2.45) is 0 Å². The zero-order valence-electron chi connectivity index (χ0n) is 12.9. The van der Waals surface area contributed by atoms with E-state index in [1.807, 2.05) is 19.1 Å². The molecule has 1 atom stereocenters. The van der Waals surface area contributed by atoms with Gasteiger partial charge in [-0.3, -0.25) is 5.32 Å². The van der Waals surface area contributed by atoms with Crippen molar-refractivity contribution < 1.29 is 14.3 Å². The average molecular weight is 279 g/mol. The van der Waals surface area contributed by atoms with E-state index < -0.39 is 5.54 Å². The van der Waals surface area contributed by atoms with Gasteiger partial charge in [0.05, 0.1) is 13.7 Å². The first-order valence-electron chi connectivity index (χ1n) is 7.00. The summed E-state index contributed by atoms with van der Waals surface area (Å²) >= 11 is 0. The number of methoxy groups -OCH3 is 2. The second-order valence-corrected chi connectivity index (χ2v) is 4.98. The van der Waals surface area contributed by atoms with Crippen LogP contribution in [0.4, 0.5) is 0 Å². The highest BCUT2D eigenvalue weighted by molar-refractivity contribution is 5.82. The predicted molar refractivity (Wildman–Crippen MR) is 79.7 cm³/mol. The predicted octanol–water partition coefficient (Wildman–Crippen LogP) is 2.26. The van der Waals surface area contributed by atoms with Crippen LogP contribution >= 0.6 is 0 Å². The molecule has 0 bridgehead atoms. The quantitative estimate of drug-likeness (QED) is 0.586. The summed E-state index contributed by atoms with van der Waals surface area (Å²) in [6.07, 6.45) is 2.16. The molecule has 0 aliphatic heterocycles. The number of hydrogen-bond acceptors (Lipinski definition) is 4. The summed E-state index contributed by atoms with van der Waals surface area (Å²) in [5, 5.41) is 3.22. The summed E-state index contributed by atoms with van der Waals surface area (Å²) in [6.45, 7) is 5.11. The van der Waals surface area contributed by atoms with E-state index in [1.165, 1.54) is 12.7 Å². The highest BCUT2D eigenvalue weighted by Gasteiger charge is 2.35. The number of nitrogens with one attached hydrogen (secondary N) is 1. The van der Waals surface area contributed by atoms with Crippen LogP contribution < -0.4 is 5.32 Å². The number of hydrogen-bond donors (Lipinski definition) is 1. The topological polar surface area (TPSA) is 47.6 Å². The first-order valence-corrected chi connectivity index (χ1v) is 7.00. The minimum absolute atomic E-state index is 0.295. The van der Waals surface area contributed by atoms with Gasteiger partial charge in [-0.05, 0) is 24.5 Å². The lowest BCUT2D eigenvalue weighted by molar-refractivity contribution is -0.148. The van der Waals surface area contributed by atoms with E-state index in [4.69, 9.17) is 9.47 Å². The van der Waals surface area contributed by atoms with Gasteiger partial charge in [0, 0.05) is 13.7 Å². The molecule has 1 aromatic carbocycles. The SMILES string of the molecule is CCCc1ccc(C(C)(NCCOC)C(=O)OC)cc1. The smallest absolute Gasteiger partial charge is 0.330 e. The fourth-order valence-corrected chi connectivity index (χ4v) is 2.19.